The molecule has 1 aliphatic heterocycles. The van der Waals surface area contributed by atoms with Gasteiger partial charge in [-0.25, -0.2) is 0 Å². The van der Waals surface area contributed by atoms with E-state index in [0.29, 0.717) is 5.69 Å². The first-order valence-corrected chi connectivity index (χ1v) is 8.32. The molecular formula is C18H24N2O3. The Bertz CT molecular complexity index is 692. The fourth-order valence-corrected chi connectivity index (χ4v) is 3.88. The summed E-state index contributed by atoms with van der Waals surface area (Å²) < 4.78 is 1.43. The first kappa shape index (κ1) is 15.8. The summed E-state index contributed by atoms with van der Waals surface area (Å²) in [4.78, 5) is 26.6. The van der Waals surface area contributed by atoms with Gasteiger partial charge in [0.05, 0.1) is 0 Å². The molecule has 1 spiro atoms. The molecule has 0 saturated carbocycles. The average Bonchev–Trinajstić information content (AvgIpc) is 2.51. The zero-order valence-electron chi connectivity index (χ0n) is 13.6. The molecule has 1 aliphatic carbocycles. The minimum Gasteiger partial charge on any atom is -0.508 e. The number of pyridine rings is 1. The zero-order chi connectivity index (χ0) is 16.4. The Morgan fingerprint density at radius 3 is 2.83 bits per heavy atom. The second-order valence-corrected chi connectivity index (χ2v) is 6.91. The number of carbonyl (C=O) groups is 1. The van der Waals surface area contributed by atoms with Gasteiger partial charge in [-0.05, 0) is 50.5 Å². The first-order chi connectivity index (χ1) is 11.0. The van der Waals surface area contributed by atoms with E-state index < -0.39 is 0 Å². The van der Waals surface area contributed by atoms with Crippen LogP contribution in [0, 0.1) is 12.3 Å². The molecule has 0 aromatic carbocycles. The highest BCUT2D eigenvalue weighted by atomic mass is 16.3. The fourth-order valence-electron chi connectivity index (χ4n) is 3.88. The monoisotopic (exact) mass is 316 g/mol. The van der Waals surface area contributed by atoms with Crippen LogP contribution in [0.25, 0.3) is 0 Å². The SMILES string of the molecule is Cc1cc(O)cc(=O)n1CC(=O)N1CCCC2(CC=CCC2)C1. The minimum absolute atomic E-state index is 0.00508. The van der Waals surface area contributed by atoms with Crippen LogP contribution in [0.5, 0.6) is 5.75 Å². The van der Waals surface area contributed by atoms with Crippen molar-refractivity contribution in [3.8, 4) is 5.75 Å². The Balaban J connectivity index is 1.73. The second-order valence-electron chi connectivity index (χ2n) is 6.91. The summed E-state index contributed by atoms with van der Waals surface area (Å²) in [5.41, 5.74) is 0.510. The molecule has 5 heteroatoms. The molecule has 2 aliphatic rings. The van der Waals surface area contributed by atoms with Crippen LogP contribution < -0.4 is 5.56 Å². The van der Waals surface area contributed by atoms with Gasteiger partial charge in [-0.15, -0.1) is 0 Å². The molecule has 1 fully saturated rings. The molecule has 0 bridgehead atoms. The smallest absolute Gasteiger partial charge is 0.254 e. The van der Waals surface area contributed by atoms with Crippen LogP contribution >= 0.6 is 0 Å². The van der Waals surface area contributed by atoms with Crippen molar-refractivity contribution in [2.45, 2.75) is 45.6 Å². The number of likely N-dealkylation sites (tertiary alicyclic amines) is 1. The summed E-state index contributed by atoms with van der Waals surface area (Å²) in [7, 11) is 0. The molecule has 5 nitrogen and oxygen atoms in total. The number of piperidine rings is 1. The van der Waals surface area contributed by atoms with E-state index in [2.05, 4.69) is 12.2 Å². The number of aryl methyl sites for hydroxylation is 1. The Hall–Kier alpha value is -2.04. The van der Waals surface area contributed by atoms with Crippen molar-refractivity contribution in [2.75, 3.05) is 13.1 Å². The van der Waals surface area contributed by atoms with E-state index in [1.165, 1.54) is 17.1 Å². The Morgan fingerprint density at radius 1 is 1.30 bits per heavy atom. The maximum absolute atomic E-state index is 12.7. The van der Waals surface area contributed by atoms with Crippen molar-refractivity contribution in [1.29, 1.82) is 0 Å². The van der Waals surface area contributed by atoms with Gasteiger partial charge in [0, 0.05) is 24.8 Å². The standard InChI is InChI=1S/C18H24N2O3/c1-14-10-15(21)11-16(22)20(14)12-17(23)19-9-5-8-18(13-19)6-3-2-4-7-18/h2-3,10-11,21H,4-9,12-13H2,1H3. The van der Waals surface area contributed by atoms with Crippen molar-refractivity contribution >= 4 is 5.91 Å². The second kappa shape index (κ2) is 6.22. The average molecular weight is 316 g/mol. The van der Waals surface area contributed by atoms with Crippen LogP contribution in [0.3, 0.4) is 0 Å². The summed E-state index contributed by atoms with van der Waals surface area (Å²) in [6.45, 7) is 3.35. The van der Waals surface area contributed by atoms with Crippen LogP contribution in [0.1, 0.15) is 37.8 Å². The third-order valence-corrected chi connectivity index (χ3v) is 5.19. The lowest BCUT2D eigenvalue weighted by Crippen LogP contribution is -2.48. The van der Waals surface area contributed by atoms with E-state index in [4.69, 9.17) is 0 Å². The lowest BCUT2D eigenvalue weighted by Gasteiger charge is -2.44. The number of nitrogens with zero attached hydrogens (tertiary/aromatic N) is 2. The number of rotatable bonds is 2. The molecule has 1 atom stereocenters. The van der Waals surface area contributed by atoms with Gasteiger partial charge in [-0.2, -0.15) is 0 Å². The largest absolute Gasteiger partial charge is 0.508 e. The van der Waals surface area contributed by atoms with Crippen LogP contribution in [0.15, 0.2) is 29.1 Å². The number of hydrogen-bond acceptors (Lipinski definition) is 3. The molecule has 1 aromatic heterocycles. The number of aromatic hydroxyl groups is 1. The number of hydrogen-bond donors (Lipinski definition) is 1. The predicted octanol–water partition coefficient (Wildman–Crippen LogP) is 2.21. The van der Waals surface area contributed by atoms with Crippen LogP contribution in [0.4, 0.5) is 0 Å². The summed E-state index contributed by atoms with van der Waals surface area (Å²) >= 11 is 0. The highest BCUT2D eigenvalue weighted by Gasteiger charge is 2.36. The molecule has 1 N–H and O–H groups in total. The van der Waals surface area contributed by atoms with E-state index in [0.717, 1.165) is 44.8 Å². The van der Waals surface area contributed by atoms with Gasteiger partial charge in [0.25, 0.3) is 5.56 Å². The molecule has 1 unspecified atom stereocenters. The van der Waals surface area contributed by atoms with E-state index in [1.54, 1.807) is 6.92 Å². The topological polar surface area (TPSA) is 62.5 Å². The van der Waals surface area contributed by atoms with E-state index in [1.807, 2.05) is 4.90 Å². The number of allylic oxidation sites excluding steroid dienone is 2. The minimum atomic E-state index is -0.330. The summed E-state index contributed by atoms with van der Waals surface area (Å²) in [6.07, 6.45) is 9.97. The van der Waals surface area contributed by atoms with Crippen molar-refractivity contribution in [3.63, 3.8) is 0 Å². The highest BCUT2D eigenvalue weighted by molar-refractivity contribution is 5.76. The van der Waals surface area contributed by atoms with Crippen LogP contribution in [0.2, 0.25) is 0 Å². The van der Waals surface area contributed by atoms with Gasteiger partial charge < -0.3 is 14.6 Å². The lowest BCUT2D eigenvalue weighted by atomic mass is 9.71. The normalized spacial score (nSPS) is 24.1. The van der Waals surface area contributed by atoms with Crippen LogP contribution in [-0.4, -0.2) is 33.6 Å². The summed E-state index contributed by atoms with van der Waals surface area (Å²) in [5, 5.41) is 9.45. The molecule has 1 amide bonds. The molecular weight excluding hydrogens is 292 g/mol. The maximum atomic E-state index is 12.7. The van der Waals surface area contributed by atoms with Crippen LogP contribution in [-0.2, 0) is 11.3 Å². The predicted molar refractivity (Wildman–Crippen MR) is 88.3 cm³/mol. The highest BCUT2D eigenvalue weighted by Crippen LogP contribution is 2.40. The Labute approximate surface area is 136 Å². The van der Waals surface area contributed by atoms with Crippen molar-refractivity contribution in [2.24, 2.45) is 5.41 Å². The van der Waals surface area contributed by atoms with E-state index >= 15 is 0 Å². The molecule has 0 radical (unpaired) electrons. The fraction of sp³-hybridized carbons (Fsp3) is 0.556. The quantitative estimate of drug-likeness (QED) is 0.851. The van der Waals surface area contributed by atoms with E-state index in [-0.39, 0.29) is 29.2 Å². The zero-order valence-corrected chi connectivity index (χ0v) is 13.6. The molecule has 3 rings (SSSR count). The number of carbonyl (C=O) groups excluding carboxylic acids is 1. The molecule has 23 heavy (non-hydrogen) atoms. The van der Waals surface area contributed by atoms with Gasteiger partial charge in [-0.1, -0.05) is 12.2 Å². The van der Waals surface area contributed by atoms with E-state index in [9.17, 15) is 14.7 Å². The first-order valence-electron chi connectivity index (χ1n) is 8.32. The van der Waals surface area contributed by atoms with Gasteiger partial charge in [0.2, 0.25) is 5.91 Å². The van der Waals surface area contributed by atoms with Gasteiger partial charge >= 0.3 is 0 Å². The Morgan fingerprint density at radius 2 is 2.13 bits per heavy atom. The molecule has 1 saturated heterocycles. The summed E-state index contributed by atoms with van der Waals surface area (Å²) in [5.74, 6) is -0.0587. The molecule has 124 valence electrons. The lowest BCUT2D eigenvalue weighted by molar-refractivity contribution is -0.135. The van der Waals surface area contributed by atoms with Crippen molar-refractivity contribution in [1.82, 2.24) is 9.47 Å². The summed E-state index contributed by atoms with van der Waals surface area (Å²) in [6, 6.07) is 2.67. The third kappa shape index (κ3) is 3.33. The maximum Gasteiger partial charge on any atom is 0.254 e. The van der Waals surface area contributed by atoms with Gasteiger partial charge in [0.1, 0.15) is 12.3 Å². The number of aromatic nitrogens is 1. The van der Waals surface area contributed by atoms with Gasteiger partial charge in [-0.3, -0.25) is 9.59 Å². The third-order valence-electron chi connectivity index (χ3n) is 5.19. The van der Waals surface area contributed by atoms with Crippen molar-refractivity contribution in [3.05, 3.63) is 40.3 Å². The van der Waals surface area contributed by atoms with Crippen molar-refractivity contribution < 1.29 is 9.90 Å². The number of amides is 1. The Kier molecular flexibility index (Phi) is 4.28. The molecule has 2 heterocycles. The molecule has 1 aromatic rings. The van der Waals surface area contributed by atoms with Gasteiger partial charge in [0.15, 0.2) is 0 Å².